The van der Waals surface area contributed by atoms with Crippen LogP contribution in [0.4, 0.5) is 4.79 Å². The van der Waals surface area contributed by atoms with Gasteiger partial charge >= 0.3 is 6.09 Å². The zero-order valence-electron chi connectivity index (χ0n) is 20.6. The SMILES string of the molecule is CCc1cccc(C(=O)C2CC3COCC(C2)N3C(=O)OCC2c3ccccc3-c3ccccc32)c1. The van der Waals surface area contributed by atoms with Crippen molar-refractivity contribution in [1.82, 2.24) is 4.90 Å². The Hall–Kier alpha value is -3.44. The van der Waals surface area contributed by atoms with Gasteiger partial charge < -0.3 is 9.47 Å². The van der Waals surface area contributed by atoms with E-state index in [2.05, 4.69) is 49.4 Å². The summed E-state index contributed by atoms with van der Waals surface area (Å²) >= 11 is 0. The van der Waals surface area contributed by atoms with E-state index in [4.69, 9.17) is 9.47 Å². The topological polar surface area (TPSA) is 55.8 Å². The third kappa shape index (κ3) is 4.01. The minimum absolute atomic E-state index is 0.0300. The molecule has 3 aromatic rings. The van der Waals surface area contributed by atoms with Crippen molar-refractivity contribution >= 4 is 11.9 Å². The number of carbonyl (C=O) groups is 2. The van der Waals surface area contributed by atoms with E-state index in [1.54, 1.807) is 0 Å². The Morgan fingerprint density at radius 1 is 0.889 bits per heavy atom. The molecule has 2 aliphatic heterocycles. The molecule has 0 saturated carbocycles. The highest BCUT2D eigenvalue weighted by Gasteiger charge is 2.45. The van der Waals surface area contributed by atoms with Crippen molar-refractivity contribution in [3.8, 4) is 11.1 Å². The van der Waals surface area contributed by atoms with Gasteiger partial charge in [0.1, 0.15) is 6.61 Å². The second-order valence-corrected chi connectivity index (χ2v) is 10.1. The zero-order chi connectivity index (χ0) is 24.6. The summed E-state index contributed by atoms with van der Waals surface area (Å²) in [5.74, 6) is 0.102. The summed E-state index contributed by atoms with van der Waals surface area (Å²) in [5, 5.41) is 0. The third-order valence-corrected chi connectivity index (χ3v) is 8.06. The molecule has 3 aliphatic rings. The normalized spacial score (nSPS) is 22.6. The number of hydrogen-bond acceptors (Lipinski definition) is 4. The lowest BCUT2D eigenvalue weighted by atomic mass is 9.80. The Bertz CT molecular complexity index is 1240. The largest absolute Gasteiger partial charge is 0.448 e. The van der Waals surface area contributed by atoms with Crippen LogP contribution in [-0.2, 0) is 15.9 Å². The molecule has 0 aromatic heterocycles. The Morgan fingerprint density at radius 3 is 2.17 bits per heavy atom. The highest BCUT2D eigenvalue weighted by Crippen LogP contribution is 2.44. The molecule has 2 unspecified atom stereocenters. The first-order chi connectivity index (χ1) is 17.6. The number of amides is 1. The summed E-state index contributed by atoms with van der Waals surface area (Å²) < 4.78 is 11.8. The first-order valence-electron chi connectivity index (χ1n) is 13.0. The molecule has 0 spiro atoms. The van der Waals surface area contributed by atoms with E-state index in [-0.39, 0.29) is 35.8 Å². The molecular weight excluding hydrogens is 450 g/mol. The van der Waals surface area contributed by atoms with Crippen LogP contribution >= 0.6 is 0 Å². The van der Waals surface area contributed by atoms with E-state index >= 15 is 0 Å². The smallest absolute Gasteiger partial charge is 0.410 e. The Labute approximate surface area is 212 Å². The molecule has 36 heavy (non-hydrogen) atoms. The highest BCUT2D eigenvalue weighted by atomic mass is 16.6. The molecule has 0 radical (unpaired) electrons. The molecule has 2 bridgehead atoms. The van der Waals surface area contributed by atoms with Crippen molar-refractivity contribution in [3.63, 3.8) is 0 Å². The fourth-order valence-corrected chi connectivity index (χ4v) is 6.28. The molecule has 2 fully saturated rings. The first-order valence-corrected chi connectivity index (χ1v) is 13.0. The number of morpholine rings is 1. The lowest BCUT2D eigenvalue weighted by Gasteiger charge is -2.47. The van der Waals surface area contributed by atoms with Crippen molar-refractivity contribution in [1.29, 1.82) is 0 Å². The van der Waals surface area contributed by atoms with Crippen molar-refractivity contribution in [3.05, 3.63) is 95.1 Å². The van der Waals surface area contributed by atoms with Crippen molar-refractivity contribution in [2.45, 2.75) is 44.2 Å². The molecule has 0 N–H and O–H groups in total. The van der Waals surface area contributed by atoms with Crippen LogP contribution in [0.5, 0.6) is 0 Å². The van der Waals surface area contributed by atoms with E-state index in [1.807, 2.05) is 35.2 Å². The van der Waals surface area contributed by atoms with Crippen LogP contribution in [0.15, 0.2) is 72.8 Å². The maximum atomic E-state index is 13.4. The van der Waals surface area contributed by atoms with Gasteiger partial charge in [-0.2, -0.15) is 0 Å². The molecule has 2 atom stereocenters. The quantitative estimate of drug-likeness (QED) is 0.428. The second-order valence-electron chi connectivity index (χ2n) is 10.1. The average molecular weight is 482 g/mol. The monoisotopic (exact) mass is 481 g/mol. The fourth-order valence-electron chi connectivity index (χ4n) is 6.28. The van der Waals surface area contributed by atoms with Crippen LogP contribution in [0.1, 0.15) is 52.7 Å². The maximum Gasteiger partial charge on any atom is 0.410 e. The number of ether oxygens (including phenoxy) is 2. The van der Waals surface area contributed by atoms with Crippen LogP contribution < -0.4 is 0 Å². The minimum Gasteiger partial charge on any atom is -0.448 e. The van der Waals surface area contributed by atoms with Gasteiger partial charge in [-0.1, -0.05) is 73.7 Å². The number of ketones is 1. The molecule has 2 heterocycles. The molecular formula is C31H31NO4. The molecule has 6 rings (SSSR count). The first kappa shape index (κ1) is 23.0. The Kier molecular flexibility index (Phi) is 6.10. The predicted octanol–water partition coefficient (Wildman–Crippen LogP) is 5.86. The third-order valence-electron chi connectivity index (χ3n) is 8.06. The number of fused-ring (bicyclic) bond motifs is 5. The number of Topliss-reactive ketones (excluding diaryl/α,β-unsaturated/α-hetero) is 1. The van der Waals surface area contributed by atoms with Gasteiger partial charge in [0.05, 0.1) is 25.3 Å². The Balaban J connectivity index is 1.16. The number of aryl methyl sites for hydroxylation is 1. The zero-order valence-corrected chi connectivity index (χ0v) is 20.6. The number of piperidine rings is 1. The summed E-state index contributed by atoms with van der Waals surface area (Å²) in [6, 6.07) is 24.4. The standard InChI is InChI=1S/C31H31NO4/c1-2-20-8-7-9-21(14-20)30(33)22-15-23-17-35-18-24(16-22)32(23)31(34)36-19-29-27-12-5-3-10-25(27)26-11-4-6-13-28(26)29/h3-14,22-24,29H,2,15-19H2,1H3. The van der Waals surface area contributed by atoms with E-state index in [1.165, 1.54) is 27.8 Å². The van der Waals surface area contributed by atoms with Crippen LogP contribution in [0.2, 0.25) is 0 Å². The molecule has 5 heteroatoms. The molecule has 1 amide bonds. The van der Waals surface area contributed by atoms with Gasteiger partial charge in [0, 0.05) is 17.4 Å². The lowest BCUT2D eigenvalue weighted by molar-refractivity contribution is -0.0747. The van der Waals surface area contributed by atoms with Gasteiger partial charge in [0.2, 0.25) is 0 Å². The van der Waals surface area contributed by atoms with Gasteiger partial charge in [0.25, 0.3) is 0 Å². The van der Waals surface area contributed by atoms with E-state index in [9.17, 15) is 9.59 Å². The summed E-state index contributed by atoms with van der Waals surface area (Å²) in [7, 11) is 0. The number of benzene rings is 3. The van der Waals surface area contributed by atoms with Gasteiger partial charge in [-0.25, -0.2) is 4.79 Å². The number of rotatable bonds is 5. The van der Waals surface area contributed by atoms with Crippen LogP contribution in [-0.4, -0.2) is 48.7 Å². The van der Waals surface area contributed by atoms with Gasteiger partial charge in [0.15, 0.2) is 5.78 Å². The molecule has 184 valence electrons. The van der Waals surface area contributed by atoms with Gasteiger partial charge in [-0.15, -0.1) is 0 Å². The molecule has 2 saturated heterocycles. The summed E-state index contributed by atoms with van der Waals surface area (Å²) in [6.45, 7) is 3.28. The lowest BCUT2D eigenvalue weighted by Crippen LogP contribution is -2.60. The van der Waals surface area contributed by atoms with Crippen molar-refractivity contribution in [2.24, 2.45) is 5.92 Å². The predicted molar refractivity (Wildman–Crippen MR) is 138 cm³/mol. The number of nitrogens with zero attached hydrogens (tertiary/aromatic N) is 1. The van der Waals surface area contributed by atoms with Gasteiger partial charge in [-0.3, -0.25) is 9.69 Å². The summed E-state index contributed by atoms with van der Waals surface area (Å²) in [4.78, 5) is 28.6. The van der Waals surface area contributed by atoms with E-state index < -0.39 is 0 Å². The number of carbonyl (C=O) groups excluding carboxylic acids is 2. The Morgan fingerprint density at radius 2 is 1.53 bits per heavy atom. The number of hydrogen-bond donors (Lipinski definition) is 0. The van der Waals surface area contributed by atoms with E-state index in [0.29, 0.717) is 32.7 Å². The minimum atomic E-state index is -0.297. The summed E-state index contributed by atoms with van der Waals surface area (Å²) in [6.07, 6.45) is 1.82. The van der Waals surface area contributed by atoms with Crippen LogP contribution in [0.3, 0.4) is 0 Å². The molecule has 5 nitrogen and oxygen atoms in total. The molecule has 3 aromatic carbocycles. The van der Waals surface area contributed by atoms with Crippen molar-refractivity contribution < 1.29 is 19.1 Å². The second kappa shape index (κ2) is 9.55. The van der Waals surface area contributed by atoms with Crippen molar-refractivity contribution in [2.75, 3.05) is 19.8 Å². The molecule has 1 aliphatic carbocycles. The van der Waals surface area contributed by atoms with E-state index in [0.717, 1.165) is 12.0 Å². The average Bonchev–Trinajstić information content (AvgIpc) is 3.24. The maximum absolute atomic E-state index is 13.4. The highest BCUT2D eigenvalue weighted by molar-refractivity contribution is 5.98. The van der Waals surface area contributed by atoms with Crippen LogP contribution in [0, 0.1) is 5.92 Å². The van der Waals surface area contributed by atoms with Gasteiger partial charge in [-0.05, 0) is 53.1 Å². The van der Waals surface area contributed by atoms with Crippen LogP contribution in [0.25, 0.3) is 11.1 Å². The fraction of sp³-hybridized carbons (Fsp3) is 0.355. The summed E-state index contributed by atoms with van der Waals surface area (Å²) in [5.41, 5.74) is 6.77.